The monoisotopic (exact) mass is 522 g/mol. The Kier molecular flexibility index (Phi) is 10.8. The highest BCUT2D eigenvalue weighted by Crippen LogP contribution is 2.20. The molecule has 204 valence electrons. The number of aromatic nitrogens is 2. The van der Waals surface area contributed by atoms with Gasteiger partial charge in [-0.15, -0.1) is 0 Å². The van der Waals surface area contributed by atoms with Crippen LogP contribution in [0, 0.1) is 0 Å². The van der Waals surface area contributed by atoms with Gasteiger partial charge in [-0.05, 0) is 25.7 Å². The van der Waals surface area contributed by atoms with Crippen LogP contribution in [0.5, 0.6) is 0 Å². The molecule has 0 aromatic carbocycles. The number of H-pyrrole nitrogens is 1. The molecule has 4 atom stereocenters. The number of guanidine groups is 1. The molecule has 16 nitrogen and oxygen atoms in total. The van der Waals surface area contributed by atoms with Crippen LogP contribution in [0.25, 0.3) is 0 Å². The molecule has 12 N–H and O–H groups in total. The first-order valence-corrected chi connectivity index (χ1v) is 11.7. The minimum absolute atomic E-state index is 0.117. The van der Waals surface area contributed by atoms with Crippen LogP contribution in [0.15, 0.2) is 17.5 Å². The summed E-state index contributed by atoms with van der Waals surface area (Å²) in [5.41, 5.74) is 22.4. The van der Waals surface area contributed by atoms with E-state index in [9.17, 15) is 29.1 Å². The van der Waals surface area contributed by atoms with Crippen molar-refractivity contribution in [3.8, 4) is 0 Å². The minimum atomic E-state index is -1.53. The third kappa shape index (κ3) is 9.06. The largest absolute Gasteiger partial charge is 0.480 e. The maximum atomic E-state index is 13.5. The number of hydrogen-bond donors (Lipinski definition) is 8. The van der Waals surface area contributed by atoms with Gasteiger partial charge in [-0.2, -0.15) is 0 Å². The zero-order valence-electron chi connectivity index (χ0n) is 20.3. The van der Waals surface area contributed by atoms with E-state index in [-0.39, 0.29) is 38.3 Å². The Morgan fingerprint density at radius 3 is 2.51 bits per heavy atom. The number of nitrogens with zero attached hydrogens (tertiary/aromatic N) is 3. The van der Waals surface area contributed by atoms with Crippen molar-refractivity contribution in [2.45, 2.75) is 62.7 Å². The lowest BCUT2D eigenvalue weighted by Gasteiger charge is -2.30. The van der Waals surface area contributed by atoms with Gasteiger partial charge in [0, 0.05) is 31.4 Å². The zero-order chi connectivity index (χ0) is 27.5. The third-order valence-corrected chi connectivity index (χ3v) is 5.75. The molecule has 0 spiro atoms. The average molecular weight is 523 g/mol. The van der Waals surface area contributed by atoms with Gasteiger partial charge < -0.3 is 48.6 Å². The number of nitrogens with two attached hydrogens (primary N) is 4. The summed E-state index contributed by atoms with van der Waals surface area (Å²) in [5, 5.41) is 14.2. The molecule has 4 unspecified atom stereocenters. The number of carboxylic acids is 1. The summed E-state index contributed by atoms with van der Waals surface area (Å²) in [6, 6.07) is -4.53. The number of carbonyl (C=O) groups excluding carboxylic acids is 4. The zero-order valence-corrected chi connectivity index (χ0v) is 20.3. The summed E-state index contributed by atoms with van der Waals surface area (Å²) in [7, 11) is 0. The number of carbonyl (C=O) groups is 5. The number of hydrogen-bond acceptors (Lipinski definition) is 8. The highest BCUT2D eigenvalue weighted by atomic mass is 16.4. The number of carboxylic acid groups (broad SMARTS) is 1. The molecule has 1 saturated heterocycles. The Morgan fingerprint density at radius 1 is 1.19 bits per heavy atom. The van der Waals surface area contributed by atoms with Crippen molar-refractivity contribution >= 4 is 35.6 Å². The van der Waals surface area contributed by atoms with Gasteiger partial charge in [-0.25, -0.2) is 9.78 Å². The van der Waals surface area contributed by atoms with Gasteiger partial charge in [0.15, 0.2) is 5.96 Å². The number of amides is 4. The molecule has 1 fully saturated rings. The van der Waals surface area contributed by atoms with Crippen LogP contribution < -0.4 is 33.6 Å². The van der Waals surface area contributed by atoms with Crippen molar-refractivity contribution in [3.63, 3.8) is 0 Å². The summed E-state index contributed by atoms with van der Waals surface area (Å²) in [4.78, 5) is 73.5. The number of likely N-dealkylation sites (tertiary alicyclic amines) is 1. The van der Waals surface area contributed by atoms with Crippen LogP contribution in [-0.4, -0.2) is 92.8 Å². The maximum absolute atomic E-state index is 13.5. The molecular weight excluding hydrogens is 488 g/mol. The molecule has 2 heterocycles. The van der Waals surface area contributed by atoms with Gasteiger partial charge in [0.1, 0.15) is 18.1 Å². The molecule has 0 bridgehead atoms. The fourth-order valence-electron chi connectivity index (χ4n) is 3.94. The molecule has 16 heteroatoms. The number of imidazole rings is 1. The highest BCUT2D eigenvalue weighted by Gasteiger charge is 2.39. The number of primary amides is 1. The van der Waals surface area contributed by atoms with Gasteiger partial charge in [-0.1, -0.05) is 0 Å². The van der Waals surface area contributed by atoms with E-state index < -0.39 is 60.2 Å². The molecular formula is C21H34N10O6. The molecule has 37 heavy (non-hydrogen) atoms. The predicted molar refractivity (Wildman–Crippen MR) is 130 cm³/mol. The molecule has 2 rings (SSSR count). The first-order chi connectivity index (χ1) is 17.5. The Hall–Kier alpha value is -4.21. The Morgan fingerprint density at radius 2 is 1.92 bits per heavy atom. The fourth-order valence-corrected chi connectivity index (χ4v) is 3.94. The second-order valence-electron chi connectivity index (χ2n) is 8.66. The van der Waals surface area contributed by atoms with Crippen molar-refractivity contribution in [1.82, 2.24) is 25.5 Å². The molecule has 0 radical (unpaired) electrons. The van der Waals surface area contributed by atoms with Crippen molar-refractivity contribution in [1.29, 1.82) is 0 Å². The molecule has 1 aromatic rings. The van der Waals surface area contributed by atoms with E-state index in [1.54, 1.807) is 0 Å². The minimum Gasteiger partial charge on any atom is -0.480 e. The van der Waals surface area contributed by atoms with Crippen molar-refractivity contribution in [2.24, 2.45) is 27.9 Å². The Labute approximate surface area is 212 Å². The molecule has 1 aliphatic heterocycles. The quantitative estimate of drug-likeness (QED) is 0.0671. The van der Waals surface area contributed by atoms with Crippen LogP contribution in [0.2, 0.25) is 0 Å². The van der Waals surface area contributed by atoms with Crippen molar-refractivity contribution in [2.75, 3.05) is 13.1 Å². The summed E-state index contributed by atoms with van der Waals surface area (Å²) < 4.78 is 0. The molecule has 1 aliphatic rings. The van der Waals surface area contributed by atoms with Gasteiger partial charge in [-0.3, -0.25) is 24.2 Å². The van der Waals surface area contributed by atoms with Gasteiger partial charge >= 0.3 is 5.97 Å². The summed E-state index contributed by atoms with van der Waals surface area (Å²) in [6.07, 6.45) is 3.79. The first-order valence-electron chi connectivity index (χ1n) is 11.7. The first kappa shape index (κ1) is 29.0. The standard InChI is InChI=1S/C21H34N10O6/c22-12(7-11-9-26-10-28-11)17(33)29-13(3-1-5-27-21(24)25)19(35)31-6-2-4-15(31)18(34)30-14(20(36)37)8-16(23)32/h9-10,12-15H,1-8,22H2,(H2,23,32)(H,26,28)(H,29,33)(H,30,34)(H,36,37)(H4,24,25,27). The van der Waals surface area contributed by atoms with E-state index in [1.807, 2.05) is 0 Å². The van der Waals surface area contributed by atoms with Crippen LogP contribution in [-0.2, 0) is 30.4 Å². The average Bonchev–Trinajstić information content (AvgIpc) is 3.51. The van der Waals surface area contributed by atoms with Crippen LogP contribution in [0.3, 0.4) is 0 Å². The van der Waals surface area contributed by atoms with Gasteiger partial charge in [0.25, 0.3) is 0 Å². The maximum Gasteiger partial charge on any atom is 0.326 e. The molecule has 0 aliphatic carbocycles. The summed E-state index contributed by atoms with van der Waals surface area (Å²) in [6.45, 7) is 0.421. The molecule has 4 amide bonds. The van der Waals surface area contributed by atoms with Crippen molar-refractivity contribution in [3.05, 3.63) is 18.2 Å². The van der Waals surface area contributed by atoms with E-state index in [0.717, 1.165) is 0 Å². The number of aliphatic carboxylic acids is 1. The van der Waals surface area contributed by atoms with E-state index in [4.69, 9.17) is 22.9 Å². The highest BCUT2D eigenvalue weighted by molar-refractivity contribution is 5.95. The third-order valence-electron chi connectivity index (χ3n) is 5.75. The van der Waals surface area contributed by atoms with Crippen LogP contribution in [0.4, 0.5) is 0 Å². The lowest BCUT2D eigenvalue weighted by atomic mass is 10.1. The van der Waals surface area contributed by atoms with Gasteiger partial charge in [0.05, 0.1) is 18.8 Å². The van der Waals surface area contributed by atoms with Gasteiger partial charge in [0.2, 0.25) is 23.6 Å². The van der Waals surface area contributed by atoms with E-state index >= 15 is 0 Å². The molecule has 1 aromatic heterocycles. The van der Waals surface area contributed by atoms with E-state index in [2.05, 4.69) is 25.6 Å². The lowest BCUT2D eigenvalue weighted by molar-refractivity contribution is -0.146. The Balaban J connectivity index is 2.13. The smallest absolute Gasteiger partial charge is 0.326 e. The van der Waals surface area contributed by atoms with Crippen LogP contribution >= 0.6 is 0 Å². The SMILES string of the molecule is NC(=O)CC(NC(=O)C1CCCN1C(=O)C(CCCN=C(N)N)NC(=O)C(N)Cc1cnc[nH]1)C(=O)O. The second kappa shape index (κ2) is 13.8. The van der Waals surface area contributed by atoms with Crippen molar-refractivity contribution < 1.29 is 29.1 Å². The Bertz CT molecular complexity index is 994. The van der Waals surface area contributed by atoms with Crippen LogP contribution in [0.1, 0.15) is 37.8 Å². The number of nitrogens with one attached hydrogen (secondary N) is 3. The number of aromatic amines is 1. The summed E-state index contributed by atoms with van der Waals surface area (Å²) >= 11 is 0. The fraction of sp³-hybridized carbons (Fsp3) is 0.571. The van der Waals surface area contributed by atoms with E-state index in [1.165, 1.54) is 17.4 Å². The molecule has 0 saturated carbocycles. The topological polar surface area (TPSA) is 278 Å². The normalized spacial score (nSPS) is 17.3. The summed E-state index contributed by atoms with van der Waals surface area (Å²) in [5.74, 6) is -4.30. The number of aliphatic imine (C=N–C) groups is 1. The lowest BCUT2D eigenvalue weighted by Crippen LogP contribution is -2.57. The number of rotatable bonds is 14. The second-order valence-corrected chi connectivity index (χ2v) is 8.66. The predicted octanol–water partition coefficient (Wildman–Crippen LogP) is -3.75. The van der Waals surface area contributed by atoms with E-state index in [0.29, 0.717) is 18.5 Å².